The molecule has 2 aromatic rings. The van der Waals surface area contributed by atoms with Gasteiger partial charge in [0.1, 0.15) is 59.1 Å². The number of aliphatic hydroxyl groups excluding tert-OH is 4. The number of ketones is 1. The van der Waals surface area contributed by atoms with Crippen LogP contribution in [0, 0.1) is 0 Å². The Labute approximate surface area is 183 Å². The Morgan fingerprint density at radius 1 is 1.06 bits per heavy atom. The molecule has 2 aromatic carbocycles. The van der Waals surface area contributed by atoms with Gasteiger partial charge >= 0.3 is 0 Å². The average molecular weight is 448 g/mol. The maximum atomic E-state index is 13.0. The molecule has 172 valence electrons. The van der Waals surface area contributed by atoms with E-state index >= 15 is 0 Å². The third kappa shape index (κ3) is 4.10. The van der Waals surface area contributed by atoms with Crippen LogP contribution in [0.3, 0.4) is 0 Å². The molecule has 10 nitrogen and oxygen atoms in total. The molecule has 1 saturated heterocycles. The fourth-order valence-electron chi connectivity index (χ4n) is 3.80. The molecule has 5 N–H and O–H groups in total. The van der Waals surface area contributed by atoms with Crippen LogP contribution in [0.15, 0.2) is 36.4 Å². The number of phenolic OH excluding ortho intramolecular Hbond substituents is 1. The second kappa shape index (κ2) is 8.93. The Morgan fingerprint density at radius 2 is 1.78 bits per heavy atom. The molecular formula is C22H24O10. The highest BCUT2D eigenvalue weighted by Crippen LogP contribution is 2.43. The summed E-state index contributed by atoms with van der Waals surface area (Å²) in [5.74, 6) is 0.0338. The van der Waals surface area contributed by atoms with E-state index in [0.29, 0.717) is 5.75 Å². The molecule has 0 bridgehead atoms. The number of rotatable bonds is 5. The van der Waals surface area contributed by atoms with Gasteiger partial charge in [0.25, 0.3) is 0 Å². The Bertz CT molecular complexity index is 973. The van der Waals surface area contributed by atoms with Crippen LogP contribution in [-0.4, -0.2) is 75.7 Å². The van der Waals surface area contributed by atoms with Crippen LogP contribution in [-0.2, 0) is 4.74 Å². The molecule has 2 aliphatic heterocycles. The van der Waals surface area contributed by atoms with Crippen LogP contribution in [0.25, 0.3) is 0 Å². The van der Waals surface area contributed by atoms with Crippen molar-refractivity contribution in [3.8, 4) is 23.0 Å². The Morgan fingerprint density at radius 3 is 2.44 bits per heavy atom. The summed E-state index contributed by atoms with van der Waals surface area (Å²) >= 11 is 0. The average Bonchev–Trinajstić information content (AvgIpc) is 2.78. The van der Waals surface area contributed by atoms with Crippen molar-refractivity contribution >= 4 is 5.78 Å². The molecule has 4 rings (SSSR count). The highest BCUT2D eigenvalue weighted by molar-refractivity contribution is 6.02. The molecule has 6 atom stereocenters. The molecule has 0 radical (unpaired) electrons. The molecule has 6 unspecified atom stereocenters. The van der Waals surface area contributed by atoms with E-state index in [0.717, 1.165) is 11.6 Å². The van der Waals surface area contributed by atoms with Crippen molar-refractivity contribution in [3.05, 3.63) is 47.5 Å². The number of ether oxygens (including phenoxy) is 4. The van der Waals surface area contributed by atoms with Gasteiger partial charge in [0.15, 0.2) is 5.78 Å². The first-order valence-electron chi connectivity index (χ1n) is 10.0. The van der Waals surface area contributed by atoms with Crippen molar-refractivity contribution in [2.45, 2.75) is 43.2 Å². The number of Topliss-reactive ketones (excluding diaryl/α,β-unsaturated/α-hetero) is 1. The molecule has 0 spiro atoms. The summed E-state index contributed by atoms with van der Waals surface area (Å²) in [4.78, 5) is 13.0. The van der Waals surface area contributed by atoms with Crippen molar-refractivity contribution in [3.63, 3.8) is 0 Å². The van der Waals surface area contributed by atoms with E-state index in [-0.39, 0.29) is 35.0 Å². The van der Waals surface area contributed by atoms with Gasteiger partial charge in [-0.25, -0.2) is 0 Å². The van der Waals surface area contributed by atoms with Gasteiger partial charge in [0.2, 0.25) is 6.29 Å². The topological polar surface area (TPSA) is 155 Å². The van der Waals surface area contributed by atoms with E-state index in [2.05, 4.69) is 0 Å². The second-order valence-corrected chi connectivity index (χ2v) is 7.64. The lowest BCUT2D eigenvalue weighted by atomic mass is 9.95. The van der Waals surface area contributed by atoms with Gasteiger partial charge in [-0.1, -0.05) is 12.1 Å². The molecule has 0 saturated carbocycles. The van der Waals surface area contributed by atoms with Gasteiger partial charge < -0.3 is 44.5 Å². The second-order valence-electron chi connectivity index (χ2n) is 7.64. The summed E-state index contributed by atoms with van der Waals surface area (Å²) in [5.41, 5.74) is 0.786. The first-order chi connectivity index (χ1) is 15.3. The zero-order chi connectivity index (χ0) is 23.0. The van der Waals surface area contributed by atoms with Gasteiger partial charge in [-0.05, 0) is 17.7 Å². The van der Waals surface area contributed by atoms with Gasteiger partial charge in [-0.15, -0.1) is 0 Å². The first-order valence-corrected chi connectivity index (χ1v) is 10.0. The normalized spacial score (nSPS) is 29.7. The number of fused-ring (bicyclic) bond motifs is 1. The number of aromatic hydroxyl groups is 1. The van der Waals surface area contributed by atoms with Crippen molar-refractivity contribution < 1.29 is 49.3 Å². The summed E-state index contributed by atoms with van der Waals surface area (Å²) in [6.07, 6.45) is -8.16. The Kier molecular flexibility index (Phi) is 6.22. The largest absolute Gasteiger partial charge is 0.508 e. The van der Waals surface area contributed by atoms with Crippen LogP contribution in [0.2, 0.25) is 0 Å². The lowest BCUT2D eigenvalue weighted by Crippen LogP contribution is -2.60. The fraction of sp³-hybridized carbons (Fsp3) is 0.409. The Balaban J connectivity index is 1.61. The number of aliphatic hydroxyl groups is 4. The van der Waals surface area contributed by atoms with E-state index < -0.39 is 43.4 Å². The molecule has 0 amide bonds. The summed E-state index contributed by atoms with van der Waals surface area (Å²) in [6.45, 7) is -0.630. The van der Waals surface area contributed by atoms with Crippen molar-refractivity contribution in [1.82, 2.24) is 0 Å². The third-order valence-corrected chi connectivity index (χ3v) is 5.55. The summed E-state index contributed by atoms with van der Waals surface area (Å²) in [7, 11) is 1.55. The van der Waals surface area contributed by atoms with E-state index in [1.165, 1.54) is 6.07 Å². The Hall–Kier alpha value is -2.89. The van der Waals surface area contributed by atoms with Gasteiger partial charge in [-0.3, -0.25) is 4.79 Å². The van der Waals surface area contributed by atoms with Crippen LogP contribution in [0.1, 0.15) is 28.4 Å². The van der Waals surface area contributed by atoms with Gasteiger partial charge in [0, 0.05) is 12.1 Å². The molecule has 1 fully saturated rings. The predicted molar refractivity (Wildman–Crippen MR) is 108 cm³/mol. The summed E-state index contributed by atoms with van der Waals surface area (Å²) in [6, 6.07) is 9.48. The van der Waals surface area contributed by atoms with Crippen LogP contribution < -0.4 is 14.2 Å². The zero-order valence-electron chi connectivity index (χ0n) is 17.1. The standard InChI is InChI=1S/C22H24O10/c1-29-12-4-2-10(3-5-12)14-8-13(25)18-15(30-14)6-11(24)7-16(18)31-22-21(28)20(27)19(26)17(9-23)32-22/h2-7,14,17,19-24,26-28H,8-9H2,1H3. The monoisotopic (exact) mass is 448 g/mol. The number of hydrogen-bond donors (Lipinski definition) is 5. The minimum absolute atomic E-state index is 0.00482. The SMILES string of the molecule is COc1ccc(C2CC(=O)c3c(cc(O)cc3OC3OC(CO)C(O)C(O)C3O)O2)cc1. The highest BCUT2D eigenvalue weighted by atomic mass is 16.7. The van der Waals surface area contributed by atoms with Gasteiger partial charge in [0.05, 0.1) is 20.1 Å². The maximum Gasteiger partial charge on any atom is 0.229 e. The molecule has 0 aromatic heterocycles. The van der Waals surface area contributed by atoms with Crippen LogP contribution >= 0.6 is 0 Å². The fourth-order valence-corrected chi connectivity index (χ4v) is 3.80. The van der Waals surface area contributed by atoms with Crippen LogP contribution in [0.5, 0.6) is 23.0 Å². The van der Waals surface area contributed by atoms with E-state index in [1.54, 1.807) is 31.4 Å². The van der Waals surface area contributed by atoms with E-state index in [1.807, 2.05) is 0 Å². The van der Waals surface area contributed by atoms with Crippen molar-refractivity contribution in [2.75, 3.05) is 13.7 Å². The van der Waals surface area contributed by atoms with Crippen LogP contribution in [0.4, 0.5) is 0 Å². The summed E-state index contributed by atoms with van der Waals surface area (Å²) in [5, 5.41) is 49.6. The number of carbonyl (C=O) groups excluding carboxylic acids is 1. The quantitative estimate of drug-likeness (QED) is 0.431. The molecular weight excluding hydrogens is 424 g/mol. The predicted octanol–water partition coefficient (Wildman–Crippen LogP) is 0.286. The highest BCUT2D eigenvalue weighted by Gasteiger charge is 2.45. The molecule has 2 heterocycles. The first kappa shape index (κ1) is 22.3. The number of carbonyl (C=O) groups is 1. The molecule has 2 aliphatic rings. The maximum absolute atomic E-state index is 13.0. The van der Waals surface area contributed by atoms with Gasteiger partial charge in [-0.2, -0.15) is 0 Å². The molecule has 32 heavy (non-hydrogen) atoms. The molecule has 0 aliphatic carbocycles. The van der Waals surface area contributed by atoms with E-state index in [9.17, 15) is 30.3 Å². The minimum Gasteiger partial charge on any atom is -0.508 e. The van der Waals surface area contributed by atoms with E-state index in [4.69, 9.17) is 18.9 Å². The minimum atomic E-state index is -1.67. The third-order valence-electron chi connectivity index (χ3n) is 5.55. The molecule has 10 heteroatoms. The van der Waals surface area contributed by atoms with Crippen molar-refractivity contribution in [2.24, 2.45) is 0 Å². The lowest BCUT2D eigenvalue weighted by Gasteiger charge is -2.40. The smallest absolute Gasteiger partial charge is 0.229 e. The number of benzene rings is 2. The number of hydrogen-bond acceptors (Lipinski definition) is 10. The number of phenols is 1. The lowest BCUT2D eigenvalue weighted by molar-refractivity contribution is -0.277. The van der Waals surface area contributed by atoms with Crippen molar-refractivity contribution in [1.29, 1.82) is 0 Å². The number of methoxy groups -OCH3 is 1. The summed E-state index contributed by atoms with van der Waals surface area (Å²) < 4.78 is 22.0. The zero-order valence-corrected chi connectivity index (χ0v) is 17.1.